The number of imidazole rings is 1. The second-order valence-electron chi connectivity index (χ2n) is 5.14. The van der Waals surface area contributed by atoms with Gasteiger partial charge in [0, 0.05) is 23.6 Å². The molecule has 0 bridgehead atoms. The predicted molar refractivity (Wildman–Crippen MR) is 87.9 cm³/mol. The SMILES string of the molecule is COc1ccnc(CSc2nc3cc(OC(F)(F)F)ccc3[nH]2)c1C. The molecule has 132 valence electrons. The topological polar surface area (TPSA) is 60.0 Å². The summed E-state index contributed by atoms with van der Waals surface area (Å²) in [5, 5.41) is 0.586. The summed E-state index contributed by atoms with van der Waals surface area (Å²) >= 11 is 1.40. The van der Waals surface area contributed by atoms with Crippen molar-refractivity contribution >= 4 is 22.8 Å². The first-order chi connectivity index (χ1) is 11.9. The van der Waals surface area contributed by atoms with Crippen LogP contribution in [0.5, 0.6) is 11.5 Å². The Morgan fingerprint density at radius 3 is 2.76 bits per heavy atom. The van der Waals surface area contributed by atoms with Gasteiger partial charge in [-0.3, -0.25) is 4.98 Å². The van der Waals surface area contributed by atoms with E-state index in [0.29, 0.717) is 21.9 Å². The molecule has 2 heterocycles. The number of thioether (sulfide) groups is 1. The molecule has 0 amide bonds. The molecule has 0 aliphatic rings. The Balaban J connectivity index is 1.76. The number of pyridine rings is 1. The Morgan fingerprint density at radius 2 is 2.04 bits per heavy atom. The van der Waals surface area contributed by atoms with Crippen LogP contribution < -0.4 is 9.47 Å². The molecular weight excluding hydrogens is 355 g/mol. The van der Waals surface area contributed by atoms with Crippen molar-refractivity contribution in [2.75, 3.05) is 7.11 Å². The molecule has 3 aromatic rings. The van der Waals surface area contributed by atoms with E-state index in [9.17, 15) is 13.2 Å². The molecule has 3 rings (SSSR count). The molecule has 0 aliphatic carbocycles. The van der Waals surface area contributed by atoms with Crippen LogP contribution in [-0.4, -0.2) is 28.4 Å². The van der Waals surface area contributed by atoms with Crippen LogP contribution in [0.25, 0.3) is 11.0 Å². The molecule has 0 spiro atoms. The van der Waals surface area contributed by atoms with Gasteiger partial charge in [-0.2, -0.15) is 0 Å². The van der Waals surface area contributed by atoms with Crippen LogP contribution in [0.15, 0.2) is 35.6 Å². The van der Waals surface area contributed by atoms with E-state index in [-0.39, 0.29) is 5.75 Å². The van der Waals surface area contributed by atoms with Crippen LogP contribution in [0.1, 0.15) is 11.3 Å². The van der Waals surface area contributed by atoms with Gasteiger partial charge < -0.3 is 14.5 Å². The first-order valence-corrected chi connectivity index (χ1v) is 8.21. The molecule has 25 heavy (non-hydrogen) atoms. The lowest BCUT2D eigenvalue weighted by atomic mass is 10.2. The number of methoxy groups -OCH3 is 1. The summed E-state index contributed by atoms with van der Waals surface area (Å²) in [7, 11) is 1.60. The van der Waals surface area contributed by atoms with Crippen molar-refractivity contribution in [3.05, 3.63) is 41.7 Å². The highest BCUT2D eigenvalue weighted by Gasteiger charge is 2.31. The van der Waals surface area contributed by atoms with Crippen LogP contribution >= 0.6 is 11.8 Å². The third kappa shape index (κ3) is 4.16. The van der Waals surface area contributed by atoms with Crippen molar-refractivity contribution in [2.24, 2.45) is 0 Å². The fourth-order valence-corrected chi connectivity index (χ4v) is 3.20. The van der Waals surface area contributed by atoms with Crippen molar-refractivity contribution in [3.8, 4) is 11.5 Å². The van der Waals surface area contributed by atoms with Gasteiger partial charge in [-0.15, -0.1) is 13.2 Å². The second kappa shape index (κ2) is 6.83. The number of nitrogens with zero attached hydrogens (tertiary/aromatic N) is 2. The summed E-state index contributed by atoms with van der Waals surface area (Å²) in [4.78, 5) is 11.7. The molecule has 1 N–H and O–H groups in total. The standard InChI is InChI=1S/C16H14F3N3O2S/c1-9-13(20-6-5-14(9)23-2)8-25-15-21-11-4-3-10(7-12(11)22-15)24-16(17,18)19/h3-7H,8H2,1-2H3,(H,21,22). The molecule has 0 saturated heterocycles. The first-order valence-electron chi connectivity index (χ1n) is 7.22. The summed E-state index contributed by atoms with van der Waals surface area (Å²) in [6.07, 6.45) is -3.06. The van der Waals surface area contributed by atoms with E-state index in [2.05, 4.69) is 19.7 Å². The molecule has 1 aromatic carbocycles. The molecular formula is C16H14F3N3O2S. The number of aromatic nitrogens is 3. The number of ether oxygens (including phenoxy) is 2. The highest BCUT2D eigenvalue weighted by atomic mass is 32.2. The number of halogens is 3. The molecule has 0 saturated carbocycles. The number of rotatable bonds is 5. The van der Waals surface area contributed by atoms with Gasteiger partial charge in [-0.05, 0) is 25.1 Å². The van der Waals surface area contributed by atoms with Crippen LogP contribution in [0.4, 0.5) is 13.2 Å². The summed E-state index contributed by atoms with van der Waals surface area (Å²) in [6, 6.07) is 5.78. The lowest BCUT2D eigenvalue weighted by molar-refractivity contribution is -0.274. The first kappa shape index (κ1) is 17.4. The maximum absolute atomic E-state index is 12.3. The van der Waals surface area contributed by atoms with Gasteiger partial charge in [-0.25, -0.2) is 4.98 Å². The van der Waals surface area contributed by atoms with Crippen molar-refractivity contribution in [1.82, 2.24) is 15.0 Å². The Kier molecular flexibility index (Phi) is 4.76. The van der Waals surface area contributed by atoms with Crippen LogP contribution in [-0.2, 0) is 5.75 Å². The number of hydrogen-bond donors (Lipinski definition) is 1. The van der Waals surface area contributed by atoms with Gasteiger partial charge in [0.05, 0.1) is 23.8 Å². The minimum absolute atomic E-state index is 0.298. The quantitative estimate of drug-likeness (QED) is 0.673. The summed E-state index contributed by atoms with van der Waals surface area (Å²) in [6.45, 7) is 1.92. The van der Waals surface area contributed by atoms with E-state index in [4.69, 9.17) is 4.74 Å². The lowest BCUT2D eigenvalue weighted by Gasteiger charge is -2.08. The minimum atomic E-state index is -4.73. The van der Waals surface area contributed by atoms with E-state index < -0.39 is 6.36 Å². The number of alkyl halides is 3. The van der Waals surface area contributed by atoms with Gasteiger partial charge >= 0.3 is 6.36 Å². The average Bonchev–Trinajstić information content (AvgIpc) is 2.94. The molecule has 0 atom stereocenters. The Morgan fingerprint density at radius 1 is 1.24 bits per heavy atom. The zero-order valence-corrected chi connectivity index (χ0v) is 14.2. The maximum Gasteiger partial charge on any atom is 0.573 e. The zero-order chi connectivity index (χ0) is 18.0. The van der Waals surface area contributed by atoms with Crippen molar-refractivity contribution in [3.63, 3.8) is 0 Å². The van der Waals surface area contributed by atoms with Gasteiger partial charge in [-0.1, -0.05) is 11.8 Å². The van der Waals surface area contributed by atoms with Gasteiger partial charge in [0.25, 0.3) is 0 Å². The maximum atomic E-state index is 12.3. The van der Waals surface area contributed by atoms with Crippen LogP contribution in [0, 0.1) is 6.92 Å². The average molecular weight is 369 g/mol. The second-order valence-corrected chi connectivity index (χ2v) is 6.11. The summed E-state index contributed by atoms with van der Waals surface area (Å²) in [5.74, 6) is 1.01. The molecule has 0 radical (unpaired) electrons. The fourth-order valence-electron chi connectivity index (χ4n) is 2.29. The predicted octanol–water partition coefficient (Wildman–Crippen LogP) is 4.47. The van der Waals surface area contributed by atoms with Gasteiger partial charge in [0.2, 0.25) is 0 Å². The van der Waals surface area contributed by atoms with Crippen LogP contribution in [0.3, 0.4) is 0 Å². The smallest absolute Gasteiger partial charge is 0.496 e. The Hall–Kier alpha value is -2.42. The molecule has 0 fully saturated rings. The molecule has 2 aromatic heterocycles. The minimum Gasteiger partial charge on any atom is -0.496 e. The van der Waals surface area contributed by atoms with Crippen molar-refractivity contribution in [1.29, 1.82) is 0 Å². The number of aromatic amines is 1. The number of nitrogens with one attached hydrogen (secondary N) is 1. The highest BCUT2D eigenvalue weighted by molar-refractivity contribution is 7.98. The largest absolute Gasteiger partial charge is 0.573 e. The molecule has 9 heteroatoms. The number of fused-ring (bicyclic) bond motifs is 1. The normalized spacial score (nSPS) is 11.7. The third-order valence-corrected chi connectivity index (χ3v) is 4.38. The molecule has 5 nitrogen and oxygen atoms in total. The fraction of sp³-hybridized carbons (Fsp3) is 0.250. The lowest BCUT2D eigenvalue weighted by Crippen LogP contribution is -2.16. The number of hydrogen-bond acceptors (Lipinski definition) is 5. The van der Waals surface area contributed by atoms with Crippen molar-refractivity contribution < 1.29 is 22.6 Å². The number of H-pyrrole nitrogens is 1. The summed E-state index contributed by atoms with van der Waals surface area (Å²) in [5.41, 5.74) is 2.83. The van der Waals surface area contributed by atoms with E-state index in [0.717, 1.165) is 17.0 Å². The zero-order valence-electron chi connectivity index (χ0n) is 13.3. The third-order valence-electron chi connectivity index (χ3n) is 3.49. The molecule has 0 aliphatic heterocycles. The number of benzene rings is 1. The monoisotopic (exact) mass is 369 g/mol. The van der Waals surface area contributed by atoms with E-state index in [1.165, 1.54) is 30.0 Å². The Labute approximate surface area is 145 Å². The van der Waals surface area contributed by atoms with E-state index >= 15 is 0 Å². The van der Waals surface area contributed by atoms with Crippen molar-refractivity contribution in [2.45, 2.75) is 24.2 Å². The van der Waals surface area contributed by atoms with Crippen LogP contribution in [0.2, 0.25) is 0 Å². The van der Waals surface area contributed by atoms with Gasteiger partial charge in [0.15, 0.2) is 5.16 Å². The molecule has 0 unspecified atom stereocenters. The summed E-state index contributed by atoms with van der Waals surface area (Å²) < 4.78 is 46.0. The Bertz CT molecular complexity index is 896. The van der Waals surface area contributed by atoms with E-state index in [1.54, 1.807) is 19.4 Å². The van der Waals surface area contributed by atoms with Gasteiger partial charge in [0.1, 0.15) is 11.5 Å². The highest BCUT2D eigenvalue weighted by Crippen LogP contribution is 2.29. The van der Waals surface area contributed by atoms with E-state index in [1.807, 2.05) is 6.92 Å².